The molecule has 158 valence electrons. The van der Waals surface area contributed by atoms with Crippen LogP contribution < -0.4 is 19.5 Å². The highest BCUT2D eigenvalue weighted by atomic mass is 32.2. The van der Waals surface area contributed by atoms with Crippen molar-refractivity contribution in [3.63, 3.8) is 0 Å². The molecule has 30 heavy (non-hydrogen) atoms. The minimum absolute atomic E-state index is 0.0535. The lowest BCUT2D eigenvalue weighted by atomic mass is 10.1. The number of hydrogen-bond donors (Lipinski definition) is 1. The number of nitrogens with zero attached hydrogens (tertiary/aromatic N) is 2. The third-order valence-corrected chi connectivity index (χ3v) is 5.31. The van der Waals surface area contributed by atoms with Crippen molar-refractivity contribution in [2.75, 3.05) is 14.2 Å². The molecule has 2 aromatic rings. The van der Waals surface area contributed by atoms with E-state index in [1.807, 2.05) is 56.3 Å². The molecule has 0 aliphatic carbocycles. The topological polar surface area (TPSA) is 81.5 Å². The zero-order chi connectivity index (χ0) is 21.5. The minimum Gasteiger partial charge on any atom is -0.497 e. The van der Waals surface area contributed by atoms with Crippen LogP contribution in [0.15, 0.2) is 52.7 Å². The largest absolute Gasteiger partial charge is 0.497 e. The maximum absolute atomic E-state index is 12.3. The molecule has 1 atom stereocenters. The number of hydrogen-bond acceptors (Lipinski definition) is 7. The number of methoxy groups -OCH3 is 2. The molecule has 2 aromatic carbocycles. The molecule has 1 saturated heterocycles. The Bertz CT molecular complexity index is 959. The summed E-state index contributed by atoms with van der Waals surface area (Å²) in [5.74, 6) is 2.00. The van der Waals surface area contributed by atoms with E-state index in [9.17, 15) is 4.79 Å². The van der Waals surface area contributed by atoms with Gasteiger partial charge in [0, 0.05) is 0 Å². The second-order valence-corrected chi connectivity index (χ2v) is 8.07. The Morgan fingerprint density at radius 2 is 1.97 bits per heavy atom. The summed E-state index contributed by atoms with van der Waals surface area (Å²) in [6, 6.07) is 13.2. The Balaban J connectivity index is 1.63. The molecule has 0 bridgehead atoms. The van der Waals surface area contributed by atoms with E-state index in [0.717, 1.165) is 16.9 Å². The highest BCUT2D eigenvalue weighted by molar-refractivity contribution is 8.15. The van der Waals surface area contributed by atoms with Gasteiger partial charge in [-0.2, -0.15) is 5.10 Å². The maximum atomic E-state index is 12.3. The number of carbonyl (C=O) groups is 1. The molecule has 1 aliphatic rings. The van der Waals surface area contributed by atoms with Gasteiger partial charge in [0.2, 0.25) is 5.91 Å². The standard InChI is InChI=1S/C22H25N3O4S/c1-14(2)29-18-9-8-16(11-19(18)28-4)13-23-25-22-24-21(26)20(30-22)12-15-6-5-7-17(10-15)27-3/h5-11,13-14,20H,12H2,1-4H3,(H,24,25,26)/b23-13-/t20-/m0/s1. The predicted molar refractivity (Wildman–Crippen MR) is 120 cm³/mol. The van der Waals surface area contributed by atoms with Gasteiger partial charge in [-0.3, -0.25) is 4.79 Å². The first-order valence-corrected chi connectivity index (χ1v) is 10.4. The second kappa shape index (κ2) is 10.2. The number of carbonyl (C=O) groups excluding carboxylic acids is 1. The first-order chi connectivity index (χ1) is 14.5. The van der Waals surface area contributed by atoms with Crippen LogP contribution in [0.4, 0.5) is 0 Å². The van der Waals surface area contributed by atoms with Gasteiger partial charge in [-0.15, -0.1) is 5.10 Å². The number of rotatable bonds is 8. The number of benzene rings is 2. The maximum Gasteiger partial charge on any atom is 0.239 e. The van der Waals surface area contributed by atoms with Crippen molar-refractivity contribution in [1.82, 2.24) is 5.32 Å². The average Bonchev–Trinajstić information content (AvgIpc) is 3.07. The molecule has 0 unspecified atom stereocenters. The van der Waals surface area contributed by atoms with Gasteiger partial charge in [0.25, 0.3) is 0 Å². The van der Waals surface area contributed by atoms with Gasteiger partial charge < -0.3 is 19.5 Å². The molecule has 1 fully saturated rings. The van der Waals surface area contributed by atoms with Crippen molar-refractivity contribution >= 4 is 29.1 Å². The molecule has 0 saturated carbocycles. The summed E-state index contributed by atoms with van der Waals surface area (Å²) < 4.78 is 16.3. The monoisotopic (exact) mass is 427 g/mol. The number of ether oxygens (including phenoxy) is 3. The third-order valence-electron chi connectivity index (χ3n) is 4.24. The molecule has 1 heterocycles. The van der Waals surface area contributed by atoms with Gasteiger partial charge in [0.1, 0.15) is 5.75 Å². The van der Waals surface area contributed by atoms with E-state index in [-0.39, 0.29) is 17.3 Å². The molecule has 1 amide bonds. The Kier molecular flexibility index (Phi) is 7.35. The lowest BCUT2D eigenvalue weighted by Gasteiger charge is -2.13. The Hall–Kier alpha value is -3.00. The average molecular weight is 428 g/mol. The lowest BCUT2D eigenvalue weighted by Crippen LogP contribution is -2.25. The van der Waals surface area contributed by atoms with E-state index in [1.165, 1.54) is 11.8 Å². The van der Waals surface area contributed by atoms with Gasteiger partial charge >= 0.3 is 0 Å². The molecular weight excluding hydrogens is 402 g/mol. The second-order valence-electron chi connectivity index (χ2n) is 6.88. The van der Waals surface area contributed by atoms with Crippen LogP contribution in [0.2, 0.25) is 0 Å². The van der Waals surface area contributed by atoms with Gasteiger partial charge in [-0.1, -0.05) is 23.9 Å². The van der Waals surface area contributed by atoms with E-state index < -0.39 is 0 Å². The Morgan fingerprint density at radius 1 is 1.13 bits per heavy atom. The summed E-state index contributed by atoms with van der Waals surface area (Å²) in [6.07, 6.45) is 2.25. The molecule has 8 heteroatoms. The van der Waals surface area contributed by atoms with E-state index >= 15 is 0 Å². The summed E-state index contributed by atoms with van der Waals surface area (Å²) in [5.41, 5.74) is 1.84. The fourth-order valence-corrected chi connectivity index (χ4v) is 3.83. The Labute approximate surface area is 180 Å². The summed E-state index contributed by atoms with van der Waals surface area (Å²) in [7, 11) is 3.22. The van der Waals surface area contributed by atoms with Gasteiger partial charge in [0.15, 0.2) is 16.7 Å². The van der Waals surface area contributed by atoms with Crippen molar-refractivity contribution < 1.29 is 19.0 Å². The molecule has 0 spiro atoms. The van der Waals surface area contributed by atoms with Crippen LogP contribution in [0.25, 0.3) is 0 Å². The molecule has 1 aliphatic heterocycles. The summed E-state index contributed by atoms with van der Waals surface area (Å²) in [4.78, 5) is 12.3. The first kappa shape index (κ1) is 21.7. The molecule has 0 aromatic heterocycles. The number of nitrogens with one attached hydrogen (secondary N) is 1. The molecule has 1 N–H and O–H groups in total. The van der Waals surface area contributed by atoms with Crippen LogP contribution in [0.5, 0.6) is 17.2 Å². The zero-order valence-electron chi connectivity index (χ0n) is 17.4. The first-order valence-electron chi connectivity index (χ1n) is 9.54. The quantitative estimate of drug-likeness (QED) is 0.514. The van der Waals surface area contributed by atoms with Crippen LogP contribution in [-0.2, 0) is 11.2 Å². The fraction of sp³-hybridized carbons (Fsp3) is 0.318. The molecular formula is C22H25N3O4S. The highest BCUT2D eigenvalue weighted by Gasteiger charge is 2.30. The predicted octanol–water partition coefficient (Wildman–Crippen LogP) is 3.66. The fourth-order valence-electron chi connectivity index (χ4n) is 2.86. The van der Waals surface area contributed by atoms with Gasteiger partial charge in [-0.25, -0.2) is 0 Å². The third kappa shape index (κ3) is 5.76. The highest BCUT2D eigenvalue weighted by Crippen LogP contribution is 2.28. The van der Waals surface area contributed by atoms with Crippen molar-refractivity contribution in [2.24, 2.45) is 10.2 Å². The van der Waals surface area contributed by atoms with Crippen LogP contribution >= 0.6 is 11.8 Å². The van der Waals surface area contributed by atoms with Crippen LogP contribution in [0.1, 0.15) is 25.0 Å². The normalized spacial score (nSPS) is 17.6. The van der Waals surface area contributed by atoms with Gasteiger partial charge in [-0.05, 0) is 61.7 Å². The number of thioether (sulfide) groups is 1. The van der Waals surface area contributed by atoms with E-state index in [1.54, 1.807) is 20.4 Å². The summed E-state index contributed by atoms with van der Waals surface area (Å²) >= 11 is 1.37. The smallest absolute Gasteiger partial charge is 0.239 e. The number of amides is 1. The van der Waals surface area contributed by atoms with Crippen LogP contribution in [-0.4, -0.2) is 42.9 Å². The van der Waals surface area contributed by atoms with Crippen molar-refractivity contribution in [3.05, 3.63) is 53.6 Å². The van der Waals surface area contributed by atoms with Crippen LogP contribution in [0.3, 0.4) is 0 Å². The molecule has 3 rings (SSSR count). The zero-order valence-corrected chi connectivity index (χ0v) is 18.2. The SMILES string of the molecule is COc1cccc(C[C@@H]2S/C(=N/N=C\c3ccc(OC(C)C)c(OC)c3)NC2=O)c1. The number of amidine groups is 1. The summed E-state index contributed by atoms with van der Waals surface area (Å²) in [6.45, 7) is 3.92. The summed E-state index contributed by atoms with van der Waals surface area (Å²) in [5, 5.41) is 11.3. The van der Waals surface area contributed by atoms with Crippen molar-refractivity contribution in [1.29, 1.82) is 0 Å². The lowest BCUT2D eigenvalue weighted by molar-refractivity contribution is -0.118. The minimum atomic E-state index is -0.251. The van der Waals surface area contributed by atoms with Gasteiger partial charge in [0.05, 0.1) is 31.8 Å². The van der Waals surface area contributed by atoms with E-state index in [0.29, 0.717) is 23.1 Å². The Morgan fingerprint density at radius 3 is 2.70 bits per heavy atom. The van der Waals surface area contributed by atoms with E-state index in [2.05, 4.69) is 15.5 Å². The van der Waals surface area contributed by atoms with Crippen LogP contribution in [0, 0.1) is 0 Å². The molecule has 0 radical (unpaired) electrons. The molecule has 7 nitrogen and oxygen atoms in total. The van der Waals surface area contributed by atoms with E-state index in [4.69, 9.17) is 14.2 Å². The van der Waals surface area contributed by atoms with Crippen molar-refractivity contribution in [2.45, 2.75) is 31.6 Å². The van der Waals surface area contributed by atoms with Crippen molar-refractivity contribution in [3.8, 4) is 17.2 Å².